The van der Waals surface area contributed by atoms with Crippen LogP contribution in [0.5, 0.6) is 0 Å². The number of nitrogens with zero attached hydrogens (tertiary/aromatic N) is 3. The molecule has 6 nitrogen and oxygen atoms in total. The lowest BCUT2D eigenvalue weighted by molar-refractivity contribution is 0.164. The van der Waals surface area contributed by atoms with Crippen LogP contribution in [0.4, 0.5) is 0 Å². The predicted octanol–water partition coefficient (Wildman–Crippen LogP) is 0.469. The summed E-state index contributed by atoms with van der Waals surface area (Å²) in [5.41, 5.74) is 1.43. The molecule has 1 aromatic rings. The van der Waals surface area contributed by atoms with Crippen LogP contribution < -0.4 is 0 Å². The Kier molecular flexibility index (Phi) is 2.96. The summed E-state index contributed by atoms with van der Waals surface area (Å²) in [6.45, 7) is 1.89. The normalized spacial score (nSPS) is 19.9. The van der Waals surface area contributed by atoms with Crippen LogP contribution in [0.15, 0.2) is 12.5 Å². The minimum Gasteiger partial charge on any atom is -0.498 e. The molecule has 0 unspecified atom stereocenters. The van der Waals surface area contributed by atoms with E-state index in [0.717, 1.165) is 14.0 Å². The molecule has 1 atom stereocenters. The van der Waals surface area contributed by atoms with E-state index in [9.17, 15) is 8.42 Å². The summed E-state index contributed by atoms with van der Waals surface area (Å²) < 4.78 is 31.6. The zero-order chi connectivity index (χ0) is 12.6. The highest BCUT2D eigenvalue weighted by Crippen LogP contribution is 2.20. The second-order valence-electron chi connectivity index (χ2n) is 4.13. The maximum atomic E-state index is 12.0. The summed E-state index contributed by atoms with van der Waals surface area (Å²) >= 11 is 0. The summed E-state index contributed by atoms with van der Waals surface area (Å²) in [4.78, 5) is 0. The summed E-state index contributed by atoms with van der Waals surface area (Å²) in [5, 5.41) is 3.95. The fourth-order valence-corrected chi connectivity index (χ4v) is 2.56. The van der Waals surface area contributed by atoms with Gasteiger partial charge in [0.2, 0.25) is 0 Å². The number of aromatic nitrogens is 2. The first kappa shape index (κ1) is 12.1. The largest absolute Gasteiger partial charge is 0.498 e. The number of hydrogen-bond acceptors (Lipinski definition) is 4. The zero-order valence-corrected chi connectivity index (χ0v) is 10.8. The second-order valence-corrected chi connectivity index (χ2v) is 6.11. The highest BCUT2D eigenvalue weighted by Gasteiger charge is 2.25. The lowest BCUT2D eigenvalue weighted by atomic mass is 10.1. The molecule has 0 aliphatic carbocycles. The molecule has 17 heavy (non-hydrogen) atoms. The number of hydrogen-bond donors (Lipinski definition) is 0. The van der Waals surface area contributed by atoms with E-state index >= 15 is 0 Å². The molecular formula is C10H15N3O3S. The van der Waals surface area contributed by atoms with Crippen molar-refractivity contribution in [3.63, 3.8) is 0 Å². The molecule has 0 amide bonds. The lowest BCUT2D eigenvalue weighted by Crippen LogP contribution is -2.31. The third-order valence-corrected chi connectivity index (χ3v) is 4.26. The van der Waals surface area contributed by atoms with Gasteiger partial charge in [-0.05, 0) is 13.0 Å². The maximum Gasteiger partial charge on any atom is 0.322 e. The van der Waals surface area contributed by atoms with Crippen LogP contribution in [0.1, 0.15) is 18.2 Å². The van der Waals surface area contributed by atoms with Gasteiger partial charge in [0.25, 0.3) is 0 Å². The van der Waals surface area contributed by atoms with Crippen LogP contribution in [0.3, 0.4) is 0 Å². The van der Waals surface area contributed by atoms with Crippen molar-refractivity contribution in [3.05, 3.63) is 23.7 Å². The van der Waals surface area contributed by atoms with Crippen molar-refractivity contribution in [3.8, 4) is 0 Å². The van der Waals surface area contributed by atoms with Crippen molar-refractivity contribution in [2.45, 2.75) is 19.4 Å². The monoisotopic (exact) mass is 257 g/mol. The average Bonchev–Trinajstić information content (AvgIpc) is 2.53. The Bertz CT molecular complexity index is 545. The molecule has 2 rings (SSSR count). The van der Waals surface area contributed by atoms with E-state index in [1.165, 1.54) is 20.3 Å². The summed E-state index contributed by atoms with van der Waals surface area (Å²) in [6.07, 6.45) is 5.28. The van der Waals surface area contributed by atoms with Crippen molar-refractivity contribution in [2.75, 3.05) is 14.1 Å². The topological polar surface area (TPSA) is 64.4 Å². The Hall–Kier alpha value is -1.34. The molecule has 0 saturated heterocycles. The van der Waals surface area contributed by atoms with Crippen LogP contribution >= 0.6 is 0 Å². The van der Waals surface area contributed by atoms with Gasteiger partial charge in [0.05, 0.1) is 18.2 Å². The van der Waals surface area contributed by atoms with E-state index in [4.69, 9.17) is 4.74 Å². The van der Waals surface area contributed by atoms with Gasteiger partial charge in [-0.25, -0.2) is 0 Å². The fourth-order valence-electron chi connectivity index (χ4n) is 1.63. The Balaban J connectivity index is 2.54. The molecule has 94 valence electrons. The van der Waals surface area contributed by atoms with Crippen molar-refractivity contribution in [2.24, 2.45) is 0 Å². The van der Waals surface area contributed by atoms with Crippen LogP contribution in [0.2, 0.25) is 0 Å². The van der Waals surface area contributed by atoms with Gasteiger partial charge in [0.1, 0.15) is 6.10 Å². The average molecular weight is 257 g/mol. The van der Waals surface area contributed by atoms with E-state index in [1.54, 1.807) is 12.3 Å². The Morgan fingerprint density at radius 2 is 2.24 bits per heavy atom. The number of fused-ring (bicyclic) bond motifs is 1. The van der Waals surface area contributed by atoms with Crippen molar-refractivity contribution >= 4 is 16.3 Å². The van der Waals surface area contributed by atoms with Crippen molar-refractivity contribution in [1.29, 1.82) is 0 Å². The molecule has 2 heterocycles. The first-order chi connectivity index (χ1) is 7.93. The molecule has 7 heteroatoms. The maximum absolute atomic E-state index is 12.0. The SMILES string of the molecule is C[C@@H]1Cc2c(cnn2S(=O)(=O)N(C)C)C=CO1. The molecule has 1 aliphatic rings. The van der Waals surface area contributed by atoms with Crippen molar-refractivity contribution in [1.82, 2.24) is 13.5 Å². The lowest BCUT2D eigenvalue weighted by Gasteiger charge is -2.15. The molecule has 0 radical (unpaired) electrons. The van der Waals surface area contributed by atoms with Gasteiger partial charge in [-0.2, -0.15) is 17.8 Å². The molecule has 0 bridgehead atoms. The minimum atomic E-state index is -3.57. The first-order valence-electron chi connectivity index (χ1n) is 5.25. The van der Waals surface area contributed by atoms with E-state index in [0.29, 0.717) is 12.1 Å². The molecule has 0 N–H and O–H groups in total. The fraction of sp³-hybridized carbons (Fsp3) is 0.500. The highest BCUT2D eigenvalue weighted by molar-refractivity contribution is 7.87. The highest BCUT2D eigenvalue weighted by atomic mass is 32.2. The summed E-state index contributed by atoms with van der Waals surface area (Å²) in [5.74, 6) is 0. The summed E-state index contributed by atoms with van der Waals surface area (Å²) in [7, 11) is -0.601. The molecule has 0 spiro atoms. The van der Waals surface area contributed by atoms with Gasteiger partial charge in [-0.3, -0.25) is 0 Å². The van der Waals surface area contributed by atoms with Gasteiger partial charge >= 0.3 is 10.2 Å². The van der Waals surface area contributed by atoms with Crippen molar-refractivity contribution < 1.29 is 13.2 Å². The molecule has 1 aromatic heterocycles. The smallest absolute Gasteiger partial charge is 0.322 e. The van der Waals surface area contributed by atoms with Gasteiger partial charge in [-0.15, -0.1) is 4.09 Å². The second kappa shape index (κ2) is 4.15. The van der Waals surface area contributed by atoms with Crippen LogP contribution in [-0.4, -0.2) is 42.1 Å². The van der Waals surface area contributed by atoms with E-state index < -0.39 is 10.2 Å². The van der Waals surface area contributed by atoms with Gasteiger partial charge in [-0.1, -0.05) is 0 Å². The van der Waals surface area contributed by atoms with E-state index in [-0.39, 0.29) is 6.10 Å². The van der Waals surface area contributed by atoms with Crippen LogP contribution in [0.25, 0.3) is 6.08 Å². The zero-order valence-electron chi connectivity index (χ0n) is 9.99. The summed E-state index contributed by atoms with van der Waals surface area (Å²) in [6, 6.07) is 0. The standard InChI is InChI=1S/C10H15N3O3S/c1-8-6-10-9(4-5-16-8)7-11-13(10)17(14,15)12(2)3/h4-5,7-8H,6H2,1-3H3/t8-/m1/s1. The third-order valence-electron chi connectivity index (χ3n) is 2.59. The quantitative estimate of drug-likeness (QED) is 0.772. The van der Waals surface area contributed by atoms with E-state index in [1.807, 2.05) is 6.92 Å². The first-order valence-corrected chi connectivity index (χ1v) is 6.64. The van der Waals surface area contributed by atoms with E-state index in [2.05, 4.69) is 5.10 Å². The Morgan fingerprint density at radius 1 is 1.53 bits per heavy atom. The Morgan fingerprint density at radius 3 is 2.88 bits per heavy atom. The van der Waals surface area contributed by atoms with Gasteiger partial charge in [0.15, 0.2) is 0 Å². The molecular weight excluding hydrogens is 242 g/mol. The molecule has 0 fully saturated rings. The Labute approximate surface area is 101 Å². The van der Waals surface area contributed by atoms with Crippen LogP contribution in [0, 0.1) is 0 Å². The van der Waals surface area contributed by atoms with Gasteiger partial charge < -0.3 is 4.74 Å². The predicted molar refractivity (Wildman–Crippen MR) is 63.5 cm³/mol. The minimum absolute atomic E-state index is 0.0692. The molecule has 1 aliphatic heterocycles. The van der Waals surface area contributed by atoms with Gasteiger partial charge in [0, 0.05) is 26.1 Å². The third kappa shape index (κ3) is 2.07. The number of rotatable bonds is 2. The molecule has 0 saturated carbocycles. The van der Waals surface area contributed by atoms with Crippen LogP contribution in [-0.2, 0) is 21.4 Å². The molecule has 0 aromatic carbocycles. The number of ether oxygens (including phenoxy) is 1.